The maximum atomic E-state index is 12.1. The molecule has 2 atom stereocenters. The van der Waals surface area contributed by atoms with Gasteiger partial charge in [-0.1, -0.05) is 13.8 Å². The van der Waals surface area contributed by atoms with E-state index >= 15 is 0 Å². The van der Waals surface area contributed by atoms with E-state index in [4.69, 9.17) is 0 Å². The molecule has 1 amide bonds. The summed E-state index contributed by atoms with van der Waals surface area (Å²) in [5.74, 6) is 0.941. The van der Waals surface area contributed by atoms with E-state index in [9.17, 15) is 13.2 Å². The fourth-order valence-electron chi connectivity index (χ4n) is 3.40. The van der Waals surface area contributed by atoms with Gasteiger partial charge in [-0.2, -0.15) is 17.4 Å². The van der Waals surface area contributed by atoms with E-state index < -0.39 is 10.2 Å². The summed E-state index contributed by atoms with van der Waals surface area (Å²) in [4.78, 5) is 15.9. The van der Waals surface area contributed by atoms with Crippen molar-refractivity contribution >= 4 is 16.1 Å². The van der Waals surface area contributed by atoms with Gasteiger partial charge in [0.25, 0.3) is 10.2 Å². The summed E-state index contributed by atoms with van der Waals surface area (Å²) in [6, 6.07) is -0.0725. The number of hydrogen-bond donors (Lipinski definition) is 1. The zero-order valence-corrected chi connectivity index (χ0v) is 15.5. The SMILES string of the molecule is CC(C)[C@H]1CN(CCN2CCCC2=O)C[C@@H]1NS(=O)(=O)N(C)C. The lowest BCUT2D eigenvalue weighted by molar-refractivity contribution is -0.127. The Kier molecular flexibility index (Phi) is 6.05. The Labute approximate surface area is 140 Å². The Hall–Kier alpha value is -0.700. The molecule has 0 radical (unpaired) electrons. The average molecular weight is 346 g/mol. The van der Waals surface area contributed by atoms with Crippen LogP contribution in [0.2, 0.25) is 0 Å². The lowest BCUT2D eigenvalue weighted by Crippen LogP contribution is -2.46. The van der Waals surface area contributed by atoms with Crippen molar-refractivity contribution < 1.29 is 13.2 Å². The maximum absolute atomic E-state index is 12.1. The molecule has 2 aliphatic rings. The van der Waals surface area contributed by atoms with Gasteiger partial charge in [0, 0.05) is 59.3 Å². The van der Waals surface area contributed by atoms with E-state index in [1.54, 1.807) is 14.1 Å². The Balaban J connectivity index is 1.93. The predicted octanol–water partition coefficient (Wildman–Crippen LogP) is -0.0388. The van der Waals surface area contributed by atoms with E-state index in [2.05, 4.69) is 23.5 Å². The molecule has 0 aromatic heterocycles. The molecule has 0 spiro atoms. The van der Waals surface area contributed by atoms with E-state index in [0.717, 1.165) is 32.6 Å². The number of nitrogens with one attached hydrogen (secondary N) is 1. The van der Waals surface area contributed by atoms with Gasteiger partial charge in [-0.25, -0.2) is 0 Å². The molecule has 2 fully saturated rings. The molecule has 0 aromatic carbocycles. The van der Waals surface area contributed by atoms with Crippen LogP contribution in [0.1, 0.15) is 26.7 Å². The average Bonchev–Trinajstić information content (AvgIpc) is 3.02. The lowest BCUT2D eigenvalue weighted by atomic mass is 9.92. The largest absolute Gasteiger partial charge is 0.341 e. The van der Waals surface area contributed by atoms with Crippen molar-refractivity contribution in [3.05, 3.63) is 0 Å². The fourth-order valence-corrected chi connectivity index (χ4v) is 4.24. The number of amides is 1. The maximum Gasteiger partial charge on any atom is 0.279 e. The fraction of sp³-hybridized carbons (Fsp3) is 0.933. The van der Waals surface area contributed by atoms with Crippen LogP contribution in [-0.4, -0.2) is 81.3 Å². The van der Waals surface area contributed by atoms with Crippen molar-refractivity contribution in [3.8, 4) is 0 Å². The van der Waals surface area contributed by atoms with Crippen LogP contribution in [0, 0.1) is 11.8 Å². The lowest BCUT2D eigenvalue weighted by Gasteiger charge is -2.24. The van der Waals surface area contributed by atoms with Crippen LogP contribution < -0.4 is 4.72 Å². The zero-order chi connectivity index (χ0) is 17.2. The summed E-state index contributed by atoms with van der Waals surface area (Å²) in [7, 11) is -0.339. The summed E-state index contributed by atoms with van der Waals surface area (Å²) in [5.41, 5.74) is 0. The van der Waals surface area contributed by atoms with Crippen LogP contribution >= 0.6 is 0 Å². The smallest absolute Gasteiger partial charge is 0.279 e. The van der Waals surface area contributed by atoms with Gasteiger partial charge >= 0.3 is 0 Å². The number of carbonyl (C=O) groups is 1. The molecule has 0 aromatic rings. The molecule has 0 aliphatic carbocycles. The molecule has 8 heteroatoms. The van der Waals surface area contributed by atoms with E-state index in [1.165, 1.54) is 4.31 Å². The number of carbonyl (C=O) groups excluding carboxylic acids is 1. The summed E-state index contributed by atoms with van der Waals surface area (Å²) in [6.45, 7) is 8.27. The topological polar surface area (TPSA) is 73.0 Å². The summed E-state index contributed by atoms with van der Waals surface area (Å²) >= 11 is 0. The van der Waals surface area contributed by atoms with Gasteiger partial charge in [0.2, 0.25) is 5.91 Å². The second-order valence-corrected chi connectivity index (χ2v) is 9.08. The van der Waals surface area contributed by atoms with Crippen molar-refractivity contribution in [2.24, 2.45) is 11.8 Å². The second kappa shape index (κ2) is 7.46. The Bertz CT molecular complexity index is 521. The van der Waals surface area contributed by atoms with Crippen LogP contribution in [0.3, 0.4) is 0 Å². The molecular weight excluding hydrogens is 316 g/mol. The third-order valence-electron chi connectivity index (χ3n) is 4.94. The molecule has 2 saturated heterocycles. The highest BCUT2D eigenvalue weighted by atomic mass is 32.2. The van der Waals surface area contributed by atoms with Gasteiger partial charge in [-0.3, -0.25) is 9.69 Å². The van der Waals surface area contributed by atoms with Crippen LogP contribution in [0.4, 0.5) is 0 Å². The number of rotatable bonds is 7. The highest BCUT2D eigenvalue weighted by Gasteiger charge is 2.37. The molecule has 7 nitrogen and oxygen atoms in total. The summed E-state index contributed by atoms with van der Waals surface area (Å²) < 4.78 is 28.3. The highest BCUT2D eigenvalue weighted by molar-refractivity contribution is 7.87. The third-order valence-corrected chi connectivity index (χ3v) is 6.50. The van der Waals surface area contributed by atoms with Gasteiger partial charge < -0.3 is 4.90 Å². The van der Waals surface area contributed by atoms with Crippen molar-refractivity contribution in [3.63, 3.8) is 0 Å². The minimum atomic E-state index is -3.42. The predicted molar refractivity (Wildman–Crippen MR) is 90.1 cm³/mol. The zero-order valence-electron chi connectivity index (χ0n) is 14.7. The third kappa shape index (κ3) is 4.65. The van der Waals surface area contributed by atoms with Gasteiger partial charge in [0.05, 0.1) is 0 Å². The van der Waals surface area contributed by atoms with Crippen LogP contribution in [0.5, 0.6) is 0 Å². The first kappa shape index (κ1) is 18.6. The van der Waals surface area contributed by atoms with Crippen molar-refractivity contribution in [2.45, 2.75) is 32.7 Å². The van der Waals surface area contributed by atoms with Crippen LogP contribution in [-0.2, 0) is 15.0 Å². The molecule has 2 aliphatic heterocycles. The molecule has 0 saturated carbocycles. The molecule has 1 N–H and O–H groups in total. The quantitative estimate of drug-likeness (QED) is 0.702. The minimum Gasteiger partial charge on any atom is -0.341 e. The van der Waals surface area contributed by atoms with E-state index in [0.29, 0.717) is 24.8 Å². The number of hydrogen-bond acceptors (Lipinski definition) is 4. The van der Waals surface area contributed by atoms with Gasteiger partial charge in [-0.05, 0) is 18.3 Å². The minimum absolute atomic E-state index is 0.0725. The molecule has 134 valence electrons. The van der Waals surface area contributed by atoms with Crippen molar-refractivity contribution in [2.75, 3.05) is 46.8 Å². The molecule has 2 heterocycles. The molecule has 2 rings (SSSR count). The Morgan fingerprint density at radius 2 is 1.96 bits per heavy atom. The second-order valence-electron chi connectivity index (χ2n) is 7.16. The Morgan fingerprint density at radius 1 is 1.26 bits per heavy atom. The van der Waals surface area contributed by atoms with Crippen LogP contribution in [0.25, 0.3) is 0 Å². The first-order valence-electron chi connectivity index (χ1n) is 8.40. The molecule has 0 unspecified atom stereocenters. The van der Waals surface area contributed by atoms with Crippen molar-refractivity contribution in [1.82, 2.24) is 18.8 Å². The normalized spacial score (nSPS) is 26.9. The Morgan fingerprint density at radius 3 is 2.48 bits per heavy atom. The molecule has 0 bridgehead atoms. The standard InChI is InChI=1S/C15H30N4O3S/c1-12(2)13-10-18(8-9-19-7-5-6-15(19)20)11-14(13)16-23(21,22)17(3)4/h12-14,16H,5-11H2,1-4H3/t13-,14+/m1/s1. The van der Waals surface area contributed by atoms with Gasteiger partial charge in [0.15, 0.2) is 0 Å². The molecule has 23 heavy (non-hydrogen) atoms. The first-order valence-corrected chi connectivity index (χ1v) is 9.84. The number of likely N-dealkylation sites (tertiary alicyclic amines) is 2. The monoisotopic (exact) mass is 346 g/mol. The van der Waals surface area contributed by atoms with Gasteiger partial charge in [-0.15, -0.1) is 0 Å². The highest BCUT2D eigenvalue weighted by Crippen LogP contribution is 2.25. The molecular formula is C15H30N4O3S. The van der Waals surface area contributed by atoms with Crippen LogP contribution in [0.15, 0.2) is 0 Å². The van der Waals surface area contributed by atoms with E-state index in [-0.39, 0.29) is 11.9 Å². The van der Waals surface area contributed by atoms with E-state index in [1.807, 2.05) is 4.90 Å². The summed E-state index contributed by atoms with van der Waals surface area (Å²) in [6.07, 6.45) is 1.62. The van der Waals surface area contributed by atoms with Gasteiger partial charge in [0.1, 0.15) is 0 Å². The summed E-state index contributed by atoms with van der Waals surface area (Å²) in [5, 5.41) is 0. The number of nitrogens with zero attached hydrogens (tertiary/aromatic N) is 3. The van der Waals surface area contributed by atoms with Crippen molar-refractivity contribution in [1.29, 1.82) is 0 Å². The first-order chi connectivity index (χ1) is 10.7.